The van der Waals surface area contributed by atoms with Crippen LogP contribution in [0.2, 0.25) is 0 Å². The lowest BCUT2D eigenvalue weighted by Crippen LogP contribution is -2.36. The normalized spacial score (nSPS) is 11.4. The summed E-state index contributed by atoms with van der Waals surface area (Å²) in [6.07, 6.45) is 11.6. The molecule has 9 nitrogen and oxygen atoms in total. The summed E-state index contributed by atoms with van der Waals surface area (Å²) >= 11 is 0. The molecule has 0 saturated carbocycles. The number of nitrogens with zero attached hydrogens (tertiary/aromatic N) is 1. The van der Waals surface area contributed by atoms with E-state index < -0.39 is 5.92 Å². The Hall–Kier alpha value is -14.7. The van der Waals surface area contributed by atoms with Crippen LogP contribution >= 0.6 is 0 Å². The Labute approximate surface area is 879 Å². The first-order valence-electron chi connectivity index (χ1n) is 51.7. The summed E-state index contributed by atoms with van der Waals surface area (Å²) in [4.78, 5) is 63.0. The van der Waals surface area contributed by atoms with Crippen LogP contribution in [0.4, 0.5) is 0 Å². The molecule has 2 aliphatic heterocycles. The highest BCUT2D eigenvalue weighted by Gasteiger charge is 2.34. The zero-order valence-corrected chi connectivity index (χ0v) is 91.1. The molecule has 0 amide bonds. The van der Waals surface area contributed by atoms with E-state index in [1.165, 1.54) is 55.6 Å². The summed E-state index contributed by atoms with van der Waals surface area (Å²) in [7, 11) is 3.28. The molecule has 17 rings (SSSR count). The molecule has 9 heteroatoms. The van der Waals surface area contributed by atoms with E-state index in [4.69, 9.17) is 14.2 Å². The van der Waals surface area contributed by atoms with Gasteiger partial charge in [0.15, 0.2) is 23.1 Å². The summed E-state index contributed by atoms with van der Waals surface area (Å²) < 4.78 is 15.5. The van der Waals surface area contributed by atoms with Gasteiger partial charge < -0.3 is 23.9 Å². The molecular formula is C137H165NO8. The van der Waals surface area contributed by atoms with Crippen LogP contribution in [0.15, 0.2) is 462 Å². The number of aryl methyl sites for hydroxylation is 3. The Balaban J connectivity index is 0.000000340. The average Bonchev–Trinajstić information content (AvgIpc) is 0.900. The number of rotatable bonds is 22. The van der Waals surface area contributed by atoms with E-state index in [-0.39, 0.29) is 39.7 Å². The Morgan fingerprint density at radius 1 is 0.397 bits per heavy atom. The number of carbonyl (C=O) groups excluding carboxylic acids is 5. The molecule has 146 heavy (non-hydrogen) atoms. The van der Waals surface area contributed by atoms with Crippen LogP contribution in [-0.2, 0) is 41.3 Å². The fourth-order valence-corrected chi connectivity index (χ4v) is 14.6. The van der Waals surface area contributed by atoms with Crippen molar-refractivity contribution in [1.29, 1.82) is 0 Å². The predicted octanol–water partition coefficient (Wildman–Crippen LogP) is 35.6. The van der Waals surface area contributed by atoms with E-state index in [2.05, 4.69) is 315 Å². The first kappa shape index (κ1) is 124. The summed E-state index contributed by atoms with van der Waals surface area (Å²) in [6, 6.07) is 144. The number of Topliss-reactive ketones (excluding diaryl/α,β-unsaturated/α-hetero) is 4. The van der Waals surface area contributed by atoms with Crippen LogP contribution in [0.3, 0.4) is 0 Å². The summed E-state index contributed by atoms with van der Waals surface area (Å²) in [5.74, 6) is 2.99. The van der Waals surface area contributed by atoms with Crippen LogP contribution in [0, 0.1) is 24.2 Å². The number of unbranched alkanes of at least 4 members (excludes halogenated alkanes) is 2. The molecular weight excluding hydrogens is 1790 g/mol. The molecule has 1 unspecified atom stereocenters. The maximum atomic E-state index is 13.2. The monoisotopic (exact) mass is 1950 g/mol. The van der Waals surface area contributed by atoms with E-state index in [0.29, 0.717) is 41.1 Å². The molecule has 0 aromatic heterocycles. The van der Waals surface area contributed by atoms with Gasteiger partial charge in [0.2, 0.25) is 0 Å². The van der Waals surface area contributed by atoms with Gasteiger partial charge in [-0.1, -0.05) is 530 Å². The smallest absolute Gasteiger partial charge is 0.193 e. The molecule has 0 fully saturated rings. The predicted molar refractivity (Wildman–Crippen MR) is 622 cm³/mol. The highest BCUT2D eigenvalue weighted by atomic mass is 16.5. The van der Waals surface area contributed by atoms with Crippen LogP contribution in [0.25, 0.3) is 11.1 Å². The number of ketones is 5. The van der Waals surface area contributed by atoms with Gasteiger partial charge in [0.25, 0.3) is 0 Å². The lowest BCUT2D eigenvalue weighted by Gasteiger charge is -2.37. The van der Waals surface area contributed by atoms with Gasteiger partial charge in [-0.25, -0.2) is 0 Å². The summed E-state index contributed by atoms with van der Waals surface area (Å²) in [6.45, 7) is 46.7. The Morgan fingerprint density at radius 3 is 1.10 bits per heavy atom. The highest BCUT2D eigenvalue weighted by molar-refractivity contribution is 6.16. The van der Waals surface area contributed by atoms with Crippen LogP contribution in [-0.4, -0.2) is 67.7 Å². The van der Waals surface area contributed by atoms with Crippen molar-refractivity contribution >= 4 is 28.9 Å². The number of benzene rings is 15. The van der Waals surface area contributed by atoms with E-state index in [1.54, 1.807) is 45.4 Å². The minimum atomic E-state index is -0.638. The van der Waals surface area contributed by atoms with Crippen LogP contribution in [0.5, 0.6) is 17.2 Å². The van der Waals surface area contributed by atoms with Gasteiger partial charge in [-0.15, -0.1) is 13.2 Å². The average molecular weight is 1950 g/mol. The maximum Gasteiger partial charge on any atom is 0.193 e. The molecule has 0 saturated heterocycles. The van der Waals surface area contributed by atoms with Crippen LogP contribution < -0.4 is 14.2 Å². The quantitative estimate of drug-likeness (QED) is 0.0283. The third kappa shape index (κ3) is 50.5. The second-order valence-electron chi connectivity index (χ2n) is 37.8. The van der Waals surface area contributed by atoms with Gasteiger partial charge in [-0.05, 0) is 161 Å². The van der Waals surface area contributed by atoms with Gasteiger partial charge >= 0.3 is 0 Å². The van der Waals surface area contributed by atoms with Gasteiger partial charge in [-0.3, -0.25) is 19.2 Å². The van der Waals surface area contributed by atoms with Crippen molar-refractivity contribution in [3.63, 3.8) is 0 Å². The van der Waals surface area contributed by atoms with E-state index in [1.807, 2.05) is 239 Å². The van der Waals surface area contributed by atoms with Gasteiger partial charge in [0.1, 0.15) is 23.0 Å². The van der Waals surface area contributed by atoms with Crippen molar-refractivity contribution in [1.82, 2.24) is 4.90 Å². The van der Waals surface area contributed by atoms with Crippen molar-refractivity contribution in [3.05, 3.63) is 534 Å². The zero-order valence-electron chi connectivity index (χ0n) is 91.1. The minimum Gasteiger partial charge on any atom is -0.497 e. The third-order valence-corrected chi connectivity index (χ3v) is 23.3. The number of allylic oxidation sites excluding steroid dienone is 1. The fraction of sp³-hybridized carbons (Fsp3) is 0.277. The Kier molecular flexibility index (Phi) is 61.4. The molecule has 15 aromatic carbocycles. The number of para-hydroxylation sites is 1. The van der Waals surface area contributed by atoms with Gasteiger partial charge in [0.05, 0.1) is 26.7 Å². The number of carbonyl (C=O) groups is 5. The first-order chi connectivity index (χ1) is 70.5. The SMILES string of the molecule is C=C.CC.CC(C)(C)c1ccccc1.CC(C)CN1C=C(C(=O)c2ccccc2)C(C)(C)CC1.CCC(C)=O.CCCCCC(C(=O)c1ccc(OC)cc1)C(=O)c1ccc(C(C)(C)C)cc1.CCc1cccc(OC)c1.CCc1ccccc1.Cc1ccccc1.O=C(c1ccccc1)c1ccccc1.c1ccc(-c2ccccc2)cc1.c1ccc(Cc2ccccc2)cc1.c1ccc2c(c1)CCO2.c1ccccc1. The zero-order chi connectivity index (χ0) is 107. The number of ether oxygens (including phenoxy) is 3. The first-order valence-corrected chi connectivity index (χ1v) is 51.7. The molecule has 0 spiro atoms. The maximum absolute atomic E-state index is 13.2. The summed E-state index contributed by atoms with van der Waals surface area (Å²) in [5.41, 5.74) is 17.9. The molecule has 15 aromatic rings. The van der Waals surface area contributed by atoms with E-state index in [0.717, 1.165) is 105 Å². The minimum absolute atomic E-state index is 0.0288. The lowest BCUT2D eigenvalue weighted by atomic mass is 9.76. The second-order valence-corrected chi connectivity index (χ2v) is 37.8. The standard InChI is InChI=1S/C25H32O3.C18H25NO.C13H10O.C13H12.C12H10.C10H14.C9H12O.C8H8O.C8H10.C7H8.C6H6.C4H8O.C2H6.C2H4/c1-6-7-8-9-22(24(27)19-12-16-21(28-5)17-13-19)23(26)18-10-14-20(15-11-18)25(2,3)4;1-14(2)12-19-11-10-18(3,4)16(13-19)17(20)15-8-6-5-7-9-15;14-13(11-7-3-1-4-8-11)12-9-5-2-6-10-12;1-3-7-12(8-4-1)11-13-9-5-2-6-10-13;1-3-7-11(8-4-1)12-9-5-2-6-10-12;1-10(2,3)9-7-5-4-6-8-9;1-3-8-5-4-6-9(7-8)10-2;1-2-4-8-7(3-1)5-6-9-8;1-2-8-6-4-3-5-7-8;1-7-5-3-2-4-6-7;1-2-4-6-5-3-1;1-3-4(2)5;2*1-2/h10-17,22H,6-9H2,1-5H3;5-9,13-14H,10-12H2,1-4H3;1-10H;1-10H,11H2;1-10H;4-8H,1-3H3;4-7H,3H2,1-2H3;1-4H,5-6H2;3-7H,2H2,1H3;2-6H,1H3;1-6H;3H2,1-2H3;1-2H3;1-2H2. The number of fused-ring (bicyclic) bond motifs is 1. The molecule has 0 radical (unpaired) electrons. The Bertz CT molecular complexity index is 5760. The molecule has 0 bridgehead atoms. The second kappa shape index (κ2) is 72.6. The van der Waals surface area contributed by atoms with Crippen molar-refractivity contribution in [2.24, 2.45) is 17.3 Å². The highest BCUT2D eigenvalue weighted by Crippen LogP contribution is 2.37. The fourth-order valence-electron chi connectivity index (χ4n) is 14.6. The third-order valence-electron chi connectivity index (χ3n) is 23.3. The van der Waals surface area contributed by atoms with Crippen molar-refractivity contribution in [2.45, 2.75) is 200 Å². The number of methoxy groups -OCH3 is 2. The molecule has 2 heterocycles. The van der Waals surface area contributed by atoms with Crippen LogP contribution in [0.1, 0.15) is 248 Å². The molecule has 0 aliphatic carbocycles. The molecule has 1 atom stereocenters. The molecule has 2 aliphatic rings. The summed E-state index contributed by atoms with van der Waals surface area (Å²) in [5, 5.41) is 0. The Morgan fingerprint density at radius 2 is 0.747 bits per heavy atom. The van der Waals surface area contributed by atoms with Crippen molar-refractivity contribution in [3.8, 4) is 28.4 Å². The van der Waals surface area contributed by atoms with Crippen molar-refractivity contribution < 1.29 is 38.2 Å². The van der Waals surface area contributed by atoms with Gasteiger partial charge in [0, 0.05) is 65.5 Å². The number of hydrogen-bond donors (Lipinski definition) is 0. The van der Waals surface area contributed by atoms with Crippen molar-refractivity contribution in [2.75, 3.05) is 33.9 Å². The van der Waals surface area contributed by atoms with E-state index in [9.17, 15) is 24.0 Å². The number of hydrogen-bond acceptors (Lipinski definition) is 9. The van der Waals surface area contributed by atoms with Gasteiger partial charge in [-0.2, -0.15) is 0 Å². The molecule has 0 N–H and O–H groups in total. The topological polar surface area (TPSA) is 116 Å². The lowest BCUT2D eigenvalue weighted by molar-refractivity contribution is -0.116. The largest absolute Gasteiger partial charge is 0.497 e. The van der Waals surface area contributed by atoms with E-state index >= 15 is 0 Å². The molecule has 766 valence electrons.